The van der Waals surface area contributed by atoms with Crippen molar-refractivity contribution < 1.29 is 9.59 Å². The summed E-state index contributed by atoms with van der Waals surface area (Å²) in [4.78, 5) is 26.3. The number of carbonyl (C=O) groups excluding carboxylic acids is 2. The summed E-state index contributed by atoms with van der Waals surface area (Å²) in [6.07, 6.45) is 10.9. The molecule has 3 rings (SSSR count). The Labute approximate surface area is 143 Å². The molecule has 0 radical (unpaired) electrons. The highest BCUT2D eigenvalue weighted by Gasteiger charge is 2.34. The maximum atomic E-state index is 12.6. The highest BCUT2D eigenvalue weighted by Crippen LogP contribution is 2.35. The van der Waals surface area contributed by atoms with E-state index in [-0.39, 0.29) is 11.8 Å². The predicted octanol–water partition coefficient (Wildman–Crippen LogP) is 3.24. The second-order valence-electron chi connectivity index (χ2n) is 6.82. The number of benzene rings is 1. The monoisotopic (exact) mass is 326 g/mol. The molecule has 1 aromatic carbocycles. The van der Waals surface area contributed by atoms with Gasteiger partial charge in [-0.25, -0.2) is 0 Å². The number of fused-ring (bicyclic) bond motifs is 1. The van der Waals surface area contributed by atoms with Gasteiger partial charge in [0.05, 0.1) is 0 Å². The number of piperidine rings is 1. The van der Waals surface area contributed by atoms with E-state index >= 15 is 0 Å². The lowest BCUT2D eigenvalue weighted by atomic mass is 9.78. The maximum absolute atomic E-state index is 12.6. The molecule has 128 valence electrons. The van der Waals surface area contributed by atoms with E-state index in [1.165, 1.54) is 25.7 Å². The average molecular weight is 326 g/mol. The Balaban J connectivity index is 1.65. The SMILES string of the molecule is CNC(=O)c1ccc(/C=C/C(=O)N2CCCC3CCCCC32)cc1. The largest absolute Gasteiger partial charge is 0.355 e. The van der Waals surface area contributed by atoms with Crippen molar-refractivity contribution >= 4 is 17.9 Å². The highest BCUT2D eigenvalue weighted by atomic mass is 16.2. The van der Waals surface area contributed by atoms with Crippen LogP contribution in [0.3, 0.4) is 0 Å². The molecule has 4 heteroatoms. The lowest BCUT2D eigenvalue weighted by Crippen LogP contribution is -2.49. The number of nitrogens with zero attached hydrogens (tertiary/aromatic N) is 1. The second-order valence-corrected chi connectivity index (χ2v) is 6.82. The molecule has 2 atom stereocenters. The second kappa shape index (κ2) is 7.65. The summed E-state index contributed by atoms with van der Waals surface area (Å²) in [5, 5.41) is 2.60. The van der Waals surface area contributed by atoms with Crippen LogP contribution in [0.4, 0.5) is 0 Å². The van der Waals surface area contributed by atoms with Crippen molar-refractivity contribution in [2.75, 3.05) is 13.6 Å². The van der Waals surface area contributed by atoms with Crippen molar-refractivity contribution in [3.8, 4) is 0 Å². The van der Waals surface area contributed by atoms with Crippen LogP contribution in [-0.4, -0.2) is 36.3 Å². The highest BCUT2D eigenvalue weighted by molar-refractivity contribution is 5.95. The van der Waals surface area contributed by atoms with Crippen LogP contribution in [0.2, 0.25) is 0 Å². The van der Waals surface area contributed by atoms with Crippen LogP contribution in [0.15, 0.2) is 30.3 Å². The quantitative estimate of drug-likeness (QED) is 0.867. The Bertz CT molecular complexity index is 619. The number of hydrogen-bond donors (Lipinski definition) is 1. The molecule has 1 aliphatic carbocycles. The number of nitrogens with one attached hydrogen (secondary N) is 1. The molecule has 24 heavy (non-hydrogen) atoms. The Morgan fingerprint density at radius 2 is 1.79 bits per heavy atom. The molecule has 1 N–H and O–H groups in total. The van der Waals surface area contributed by atoms with E-state index in [0.29, 0.717) is 17.5 Å². The molecule has 2 aliphatic rings. The fourth-order valence-electron chi connectivity index (χ4n) is 4.05. The molecule has 2 unspecified atom stereocenters. The molecule has 1 aliphatic heterocycles. The van der Waals surface area contributed by atoms with Gasteiger partial charge in [-0.1, -0.05) is 25.0 Å². The lowest BCUT2D eigenvalue weighted by Gasteiger charge is -2.43. The Kier molecular flexibility index (Phi) is 5.34. The standard InChI is InChI=1S/C20H26N2O2/c1-21-20(24)17-11-8-15(9-12-17)10-13-19(23)22-14-4-6-16-5-2-3-7-18(16)22/h8-13,16,18H,2-7,14H2,1H3,(H,21,24)/b13-10+. The first-order valence-corrected chi connectivity index (χ1v) is 9.00. The van der Waals surface area contributed by atoms with E-state index in [0.717, 1.165) is 24.9 Å². The minimum atomic E-state index is -0.0988. The first kappa shape index (κ1) is 16.7. The number of hydrogen-bond acceptors (Lipinski definition) is 2. The van der Waals surface area contributed by atoms with E-state index in [9.17, 15) is 9.59 Å². The summed E-state index contributed by atoms with van der Waals surface area (Å²) in [5.74, 6) is 0.733. The summed E-state index contributed by atoms with van der Waals surface area (Å²) in [5.41, 5.74) is 1.57. The number of likely N-dealkylation sites (tertiary alicyclic amines) is 1. The van der Waals surface area contributed by atoms with Gasteiger partial charge in [-0.3, -0.25) is 9.59 Å². The minimum Gasteiger partial charge on any atom is -0.355 e. The Morgan fingerprint density at radius 3 is 2.54 bits per heavy atom. The topological polar surface area (TPSA) is 49.4 Å². The minimum absolute atomic E-state index is 0.0988. The maximum Gasteiger partial charge on any atom is 0.251 e. The first-order chi connectivity index (χ1) is 11.7. The van der Waals surface area contributed by atoms with Crippen LogP contribution in [0.1, 0.15) is 54.4 Å². The van der Waals surface area contributed by atoms with E-state index < -0.39 is 0 Å². The van der Waals surface area contributed by atoms with Crippen molar-refractivity contribution in [3.63, 3.8) is 0 Å². The van der Waals surface area contributed by atoms with Crippen LogP contribution < -0.4 is 5.32 Å². The molecule has 0 aromatic heterocycles. The zero-order valence-corrected chi connectivity index (χ0v) is 14.3. The molecule has 1 saturated carbocycles. The molecular formula is C20H26N2O2. The third-order valence-corrected chi connectivity index (χ3v) is 5.34. The molecule has 2 fully saturated rings. The summed E-state index contributed by atoms with van der Waals surface area (Å²) in [6.45, 7) is 0.889. The number of rotatable bonds is 3. The molecule has 4 nitrogen and oxygen atoms in total. The van der Waals surface area contributed by atoms with Gasteiger partial charge in [0.15, 0.2) is 0 Å². The van der Waals surface area contributed by atoms with Gasteiger partial charge in [0.2, 0.25) is 5.91 Å². The van der Waals surface area contributed by atoms with Crippen LogP contribution in [0.25, 0.3) is 6.08 Å². The van der Waals surface area contributed by atoms with Gasteiger partial charge in [-0.2, -0.15) is 0 Å². The Morgan fingerprint density at radius 1 is 1.08 bits per heavy atom. The van der Waals surface area contributed by atoms with Crippen LogP contribution in [0.5, 0.6) is 0 Å². The van der Waals surface area contributed by atoms with Crippen LogP contribution in [0, 0.1) is 5.92 Å². The normalized spacial score (nSPS) is 23.8. The average Bonchev–Trinajstić information content (AvgIpc) is 2.65. The first-order valence-electron chi connectivity index (χ1n) is 9.00. The summed E-state index contributed by atoms with van der Waals surface area (Å²) in [7, 11) is 1.62. The van der Waals surface area contributed by atoms with Crippen molar-refractivity contribution in [2.24, 2.45) is 5.92 Å². The molecule has 1 heterocycles. The zero-order valence-electron chi connectivity index (χ0n) is 14.3. The zero-order chi connectivity index (χ0) is 16.9. The van der Waals surface area contributed by atoms with E-state index in [2.05, 4.69) is 10.2 Å². The number of amides is 2. The van der Waals surface area contributed by atoms with Gasteiger partial charge in [-0.05, 0) is 55.4 Å². The van der Waals surface area contributed by atoms with Crippen LogP contribution >= 0.6 is 0 Å². The van der Waals surface area contributed by atoms with Gasteiger partial charge in [0.25, 0.3) is 5.91 Å². The predicted molar refractivity (Wildman–Crippen MR) is 95.6 cm³/mol. The Hall–Kier alpha value is -2.10. The van der Waals surface area contributed by atoms with E-state index in [1.54, 1.807) is 25.3 Å². The van der Waals surface area contributed by atoms with Gasteiger partial charge >= 0.3 is 0 Å². The molecule has 1 saturated heterocycles. The van der Waals surface area contributed by atoms with Gasteiger partial charge in [0.1, 0.15) is 0 Å². The van der Waals surface area contributed by atoms with Crippen LogP contribution in [-0.2, 0) is 4.79 Å². The summed E-state index contributed by atoms with van der Waals surface area (Å²) >= 11 is 0. The van der Waals surface area contributed by atoms with Gasteiger partial charge in [0, 0.05) is 31.3 Å². The van der Waals surface area contributed by atoms with Crippen molar-refractivity contribution in [3.05, 3.63) is 41.5 Å². The lowest BCUT2D eigenvalue weighted by molar-refractivity contribution is -0.132. The summed E-state index contributed by atoms with van der Waals surface area (Å²) in [6, 6.07) is 7.74. The van der Waals surface area contributed by atoms with Gasteiger partial charge in [-0.15, -0.1) is 0 Å². The molecule has 1 aromatic rings. The molecule has 2 amide bonds. The van der Waals surface area contributed by atoms with E-state index in [1.807, 2.05) is 18.2 Å². The summed E-state index contributed by atoms with van der Waals surface area (Å²) < 4.78 is 0. The fraction of sp³-hybridized carbons (Fsp3) is 0.500. The number of carbonyl (C=O) groups is 2. The molecule has 0 spiro atoms. The third kappa shape index (κ3) is 3.69. The fourth-order valence-corrected chi connectivity index (χ4v) is 4.05. The third-order valence-electron chi connectivity index (χ3n) is 5.34. The molecular weight excluding hydrogens is 300 g/mol. The van der Waals surface area contributed by atoms with Crippen molar-refractivity contribution in [2.45, 2.75) is 44.6 Å². The van der Waals surface area contributed by atoms with Crippen molar-refractivity contribution in [1.29, 1.82) is 0 Å². The van der Waals surface area contributed by atoms with Crippen molar-refractivity contribution in [1.82, 2.24) is 10.2 Å². The smallest absolute Gasteiger partial charge is 0.251 e. The van der Waals surface area contributed by atoms with Gasteiger partial charge < -0.3 is 10.2 Å². The molecule has 0 bridgehead atoms. The van der Waals surface area contributed by atoms with E-state index in [4.69, 9.17) is 0 Å².